The molecule has 0 bridgehead atoms. The summed E-state index contributed by atoms with van der Waals surface area (Å²) in [4.78, 5) is 11.8. The van der Waals surface area contributed by atoms with Gasteiger partial charge in [-0.05, 0) is 24.1 Å². The molecule has 4 heteroatoms. The zero-order chi connectivity index (χ0) is 14.4. The van der Waals surface area contributed by atoms with Crippen LogP contribution in [0, 0.1) is 5.82 Å². The van der Waals surface area contributed by atoms with Crippen molar-refractivity contribution in [1.29, 1.82) is 0 Å². The van der Waals surface area contributed by atoms with Crippen LogP contribution in [0.1, 0.15) is 28.4 Å². The van der Waals surface area contributed by atoms with Crippen molar-refractivity contribution in [3.63, 3.8) is 0 Å². The Morgan fingerprint density at radius 3 is 2.45 bits per heavy atom. The van der Waals surface area contributed by atoms with Gasteiger partial charge in [0.05, 0.1) is 11.7 Å². The minimum Gasteiger partial charge on any atom is -0.388 e. The highest BCUT2D eigenvalue weighted by Crippen LogP contribution is 2.15. The van der Waals surface area contributed by atoms with E-state index in [1.807, 2.05) is 30.3 Å². The van der Waals surface area contributed by atoms with E-state index in [-0.39, 0.29) is 12.1 Å². The van der Waals surface area contributed by atoms with Gasteiger partial charge in [0.1, 0.15) is 5.82 Å². The molecule has 0 aromatic heterocycles. The standard InChI is InChI=1S/C16H16FNO2/c17-14-9-5-4-8-13(14)16(20)18-11-10-15(19)12-6-2-1-3-7-12/h1-9,15,19H,10-11H2,(H,18,20). The van der Waals surface area contributed by atoms with E-state index in [4.69, 9.17) is 0 Å². The van der Waals surface area contributed by atoms with Crippen molar-refractivity contribution in [2.24, 2.45) is 0 Å². The normalized spacial score (nSPS) is 11.9. The highest BCUT2D eigenvalue weighted by Gasteiger charge is 2.11. The molecule has 0 saturated heterocycles. The molecular formula is C16H16FNO2. The van der Waals surface area contributed by atoms with E-state index in [1.54, 1.807) is 6.07 Å². The van der Waals surface area contributed by atoms with Gasteiger partial charge >= 0.3 is 0 Å². The molecule has 1 atom stereocenters. The average molecular weight is 273 g/mol. The summed E-state index contributed by atoms with van der Waals surface area (Å²) in [5.41, 5.74) is 0.814. The summed E-state index contributed by atoms with van der Waals surface area (Å²) < 4.78 is 13.4. The van der Waals surface area contributed by atoms with Crippen LogP contribution in [0.4, 0.5) is 4.39 Å². The third-order valence-corrected chi connectivity index (χ3v) is 3.01. The van der Waals surface area contributed by atoms with Crippen molar-refractivity contribution >= 4 is 5.91 Å². The summed E-state index contributed by atoms with van der Waals surface area (Å²) in [6.07, 6.45) is -0.262. The molecule has 2 rings (SSSR count). The molecule has 2 N–H and O–H groups in total. The lowest BCUT2D eigenvalue weighted by Gasteiger charge is -2.11. The number of carbonyl (C=O) groups excluding carboxylic acids is 1. The second-order valence-corrected chi connectivity index (χ2v) is 4.45. The number of carbonyl (C=O) groups is 1. The number of hydrogen-bond acceptors (Lipinski definition) is 2. The maximum Gasteiger partial charge on any atom is 0.254 e. The number of halogens is 1. The first-order valence-electron chi connectivity index (χ1n) is 6.44. The van der Waals surface area contributed by atoms with E-state index in [2.05, 4.69) is 5.32 Å². The maximum absolute atomic E-state index is 13.4. The van der Waals surface area contributed by atoms with Crippen molar-refractivity contribution in [2.75, 3.05) is 6.54 Å². The molecule has 0 spiro atoms. The molecule has 104 valence electrons. The fourth-order valence-electron chi connectivity index (χ4n) is 1.90. The maximum atomic E-state index is 13.4. The lowest BCUT2D eigenvalue weighted by molar-refractivity contribution is 0.0938. The minimum absolute atomic E-state index is 0.0155. The van der Waals surface area contributed by atoms with Crippen LogP contribution in [0.5, 0.6) is 0 Å². The smallest absolute Gasteiger partial charge is 0.254 e. The lowest BCUT2D eigenvalue weighted by atomic mass is 10.1. The van der Waals surface area contributed by atoms with Crippen molar-refractivity contribution < 1.29 is 14.3 Å². The Morgan fingerprint density at radius 2 is 1.75 bits per heavy atom. The highest BCUT2D eigenvalue weighted by atomic mass is 19.1. The minimum atomic E-state index is -0.642. The molecule has 0 fully saturated rings. The second-order valence-electron chi connectivity index (χ2n) is 4.45. The van der Waals surface area contributed by atoms with Crippen molar-refractivity contribution in [2.45, 2.75) is 12.5 Å². The van der Waals surface area contributed by atoms with Gasteiger partial charge in [0, 0.05) is 6.54 Å². The monoisotopic (exact) mass is 273 g/mol. The van der Waals surface area contributed by atoms with Gasteiger partial charge in [-0.25, -0.2) is 4.39 Å². The van der Waals surface area contributed by atoms with Crippen molar-refractivity contribution in [3.05, 3.63) is 71.5 Å². The topological polar surface area (TPSA) is 49.3 Å². The first kappa shape index (κ1) is 14.2. The van der Waals surface area contributed by atoms with E-state index in [1.165, 1.54) is 18.2 Å². The Hall–Kier alpha value is -2.20. The number of aliphatic hydroxyl groups excluding tert-OH is 1. The third-order valence-electron chi connectivity index (χ3n) is 3.01. The SMILES string of the molecule is O=C(NCCC(O)c1ccccc1)c1ccccc1F. The van der Waals surface area contributed by atoms with Gasteiger partial charge < -0.3 is 10.4 Å². The quantitative estimate of drug-likeness (QED) is 0.880. The Kier molecular flexibility index (Phi) is 4.85. The predicted molar refractivity (Wildman–Crippen MR) is 74.8 cm³/mol. The summed E-state index contributed by atoms with van der Waals surface area (Å²) in [6, 6.07) is 15.0. The van der Waals surface area contributed by atoms with E-state index in [9.17, 15) is 14.3 Å². The summed E-state index contributed by atoms with van der Waals surface area (Å²) >= 11 is 0. The molecule has 0 saturated carbocycles. The van der Waals surface area contributed by atoms with Gasteiger partial charge in [-0.15, -0.1) is 0 Å². The molecule has 0 aliphatic rings. The molecule has 2 aromatic carbocycles. The Balaban J connectivity index is 1.84. The van der Waals surface area contributed by atoms with Gasteiger partial charge in [0.15, 0.2) is 0 Å². The van der Waals surface area contributed by atoms with Crippen molar-refractivity contribution in [1.82, 2.24) is 5.32 Å². The van der Waals surface area contributed by atoms with Crippen LogP contribution < -0.4 is 5.32 Å². The van der Waals surface area contributed by atoms with Crippen LogP contribution >= 0.6 is 0 Å². The Bertz CT molecular complexity index is 572. The first-order chi connectivity index (χ1) is 9.68. The van der Waals surface area contributed by atoms with Crippen molar-refractivity contribution in [3.8, 4) is 0 Å². The fourth-order valence-corrected chi connectivity index (χ4v) is 1.90. The summed E-state index contributed by atoms with van der Waals surface area (Å²) in [6.45, 7) is 0.281. The van der Waals surface area contributed by atoms with Crippen LogP contribution in [0.3, 0.4) is 0 Å². The fraction of sp³-hybridized carbons (Fsp3) is 0.188. The zero-order valence-electron chi connectivity index (χ0n) is 10.9. The molecule has 3 nitrogen and oxygen atoms in total. The third kappa shape index (κ3) is 3.65. The van der Waals surface area contributed by atoms with Crippen LogP contribution in [0.25, 0.3) is 0 Å². The van der Waals surface area contributed by atoms with Gasteiger partial charge in [0.25, 0.3) is 5.91 Å². The van der Waals surface area contributed by atoms with E-state index < -0.39 is 17.8 Å². The van der Waals surface area contributed by atoms with Crippen LogP contribution in [-0.2, 0) is 0 Å². The van der Waals surface area contributed by atoms with Crippen LogP contribution in [0.2, 0.25) is 0 Å². The van der Waals surface area contributed by atoms with Crippen LogP contribution in [-0.4, -0.2) is 17.6 Å². The number of rotatable bonds is 5. The van der Waals surface area contributed by atoms with E-state index >= 15 is 0 Å². The van der Waals surface area contributed by atoms with Gasteiger partial charge in [-0.2, -0.15) is 0 Å². The van der Waals surface area contributed by atoms with Gasteiger partial charge in [-0.1, -0.05) is 42.5 Å². The zero-order valence-corrected chi connectivity index (χ0v) is 10.9. The predicted octanol–water partition coefficient (Wildman–Crippen LogP) is 2.68. The highest BCUT2D eigenvalue weighted by molar-refractivity contribution is 5.94. The summed E-state index contributed by atoms with van der Waals surface area (Å²) in [5.74, 6) is -1.02. The first-order valence-corrected chi connectivity index (χ1v) is 6.44. The molecule has 0 radical (unpaired) electrons. The van der Waals surface area contributed by atoms with E-state index in [0.717, 1.165) is 5.56 Å². The molecule has 1 amide bonds. The summed E-state index contributed by atoms with van der Waals surface area (Å²) in [5, 5.41) is 12.5. The number of amides is 1. The molecule has 0 heterocycles. The number of aliphatic hydroxyl groups is 1. The lowest BCUT2D eigenvalue weighted by Crippen LogP contribution is -2.26. The Morgan fingerprint density at radius 1 is 1.10 bits per heavy atom. The molecule has 0 aliphatic carbocycles. The van der Waals surface area contributed by atoms with E-state index in [0.29, 0.717) is 6.42 Å². The molecule has 2 aromatic rings. The largest absolute Gasteiger partial charge is 0.388 e. The number of hydrogen-bond donors (Lipinski definition) is 2. The molecule has 20 heavy (non-hydrogen) atoms. The molecule has 1 unspecified atom stereocenters. The van der Waals surface area contributed by atoms with Gasteiger partial charge in [0.2, 0.25) is 0 Å². The average Bonchev–Trinajstić information content (AvgIpc) is 2.48. The second kappa shape index (κ2) is 6.82. The molecule has 0 aliphatic heterocycles. The summed E-state index contributed by atoms with van der Waals surface area (Å²) in [7, 11) is 0. The Labute approximate surface area is 117 Å². The number of nitrogens with one attached hydrogen (secondary N) is 1. The van der Waals surface area contributed by atoms with Gasteiger partial charge in [-0.3, -0.25) is 4.79 Å². The molecular weight excluding hydrogens is 257 g/mol. The number of benzene rings is 2. The van der Waals surface area contributed by atoms with Crippen LogP contribution in [0.15, 0.2) is 54.6 Å².